The van der Waals surface area contributed by atoms with Crippen LogP contribution in [0.2, 0.25) is 0 Å². The van der Waals surface area contributed by atoms with E-state index in [0.717, 1.165) is 25.4 Å². The topological polar surface area (TPSA) is 41.1 Å². The summed E-state index contributed by atoms with van der Waals surface area (Å²) in [4.78, 5) is 11.8. The van der Waals surface area contributed by atoms with Crippen molar-refractivity contribution in [3.8, 4) is 0 Å². The molecule has 1 saturated heterocycles. The minimum absolute atomic E-state index is 0.245. The molecule has 1 aliphatic heterocycles. The van der Waals surface area contributed by atoms with Gasteiger partial charge in [0.15, 0.2) is 0 Å². The van der Waals surface area contributed by atoms with E-state index in [1.54, 1.807) is 0 Å². The Morgan fingerprint density at radius 3 is 2.53 bits per heavy atom. The van der Waals surface area contributed by atoms with Crippen LogP contribution in [0.4, 0.5) is 0 Å². The van der Waals surface area contributed by atoms with Crippen LogP contribution in [0.5, 0.6) is 0 Å². The minimum atomic E-state index is 0.245. The van der Waals surface area contributed by atoms with Crippen molar-refractivity contribution in [3.63, 3.8) is 0 Å². The van der Waals surface area contributed by atoms with Crippen molar-refractivity contribution < 1.29 is 4.79 Å². The first kappa shape index (κ1) is 12.9. The van der Waals surface area contributed by atoms with Crippen molar-refractivity contribution >= 4 is 5.91 Å². The Morgan fingerprint density at radius 1 is 1.06 bits per heavy atom. The van der Waals surface area contributed by atoms with Crippen molar-refractivity contribution in [1.29, 1.82) is 0 Å². The lowest BCUT2D eigenvalue weighted by Crippen LogP contribution is -2.39. The van der Waals surface area contributed by atoms with Gasteiger partial charge < -0.3 is 10.6 Å². The zero-order valence-electron chi connectivity index (χ0n) is 10.8. The monoisotopic (exact) mass is 238 g/mol. The number of carbonyl (C=O) groups excluding carboxylic acids is 1. The van der Waals surface area contributed by atoms with Gasteiger partial charge in [-0.05, 0) is 38.1 Å². The Bertz CT molecular complexity index is 230. The summed E-state index contributed by atoms with van der Waals surface area (Å²) in [6, 6.07) is 0.426. The van der Waals surface area contributed by atoms with Gasteiger partial charge in [-0.3, -0.25) is 4.79 Å². The molecule has 2 fully saturated rings. The molecule has 1 aliphatic carbocycles. The second-order valence-electron chi connectivity index (χ2n) is 5.66. The molecule has 2 rings (SSSR count). The average molecular weight is 238 g/mol. The Hall–Kier alpha value is -0.570. The van der Waals surface area contributed by atoms with E-state index in [2.05, 4.69) is 10.6 Å². The number of rotatable bonds is 4. The molecule has 1 amide bonds. The summed E-state index contributed by atoms with van der Waals surface area (Å²) in [5, 5.41) is 6.55. The Kier molecular flexibility index (Phi) is 5.30. The van der Waals surface area contributed by atoms with Crippen LogP contribution in [0.15, 0.2) is 0 Å². The summed E-state index contributed by atoms with van der Waals surface area (Å²) in [5.74, 6) is 0.988. The van der Waals surface area contributed by atoms with Crippen molar-refractivity contribution in [1.82, 2.24) is 10.6 Å². The van der Waals surface area contributed by atoms with Crippen LogP contribution >= 0.6 is 0 Å². The smallest absolute Gasteiger partial charge is 0.221 e. The van der Waals surface area contributed by atoms with Gasteiger partial charge in [-0.2, -0.15) is 0 Å². The Labute approximate surface area is 105 Å². The quantitative estimate of drug-likeness (QED) is 0.788. The van der Waals surface area contributed by atoms with E-state index >= 15 is 0 Å². The second-order valence-corrected chi connectivity index (χ2v) is 5.66. The molecule has 2 aliphatic rings. The van der Waals surface area contributed by atoms with Gasteiger partial charge in [0.25, 0.3) is 0 Å². The summed E-state index contributed by atoms with van der Waals surface area (Å²) in [7, 11) is 0. The van der Waals surface area contributed by atoms with Crippen LogP contribution in [0.3, 0.4) is 0 Å². The molecule has 98 valence electrons. The molecule has 0 radical (unpaired) electrons. The van der Waals surface area contributed by atoms with Gasteiger partial charge in [-0.1, -0.05) is 25.7 Å². The van der Waals surface area contributed by atoms with Crippen LogP contribution in [-0.4, -0.2) is 25.0 Å². The molecule has 1 saturated carbocycles. The molecular formula is C14H26N2O. The minimum Gasteiger partial charge on any atom is -0.356 e. The maximum Gasteiger partial charge on any atom is 0.221 e. The van der Waals surface area contributed by atoms with E-state index in [1.165, 1.54) is 44.9 Å². The molecule has 0 aromatic heterocycles. The van der Waals surface area contributed by atoms with Crippen LogP contribution < -0.4 is 10.6 Å². The fraction of sp³-hybridized carbons (Fsp3) is 0.929. The van der Waals surface area contributed by atoms with Gasteiger partial charge in [-0.15, -0.1) is 0 Å². The van der Waals surface area contributed by atoms with Crippen molar-refractivity contribution in [2.24, 2.45) is 5.92 Å². The van der Waals surface area contributed by atoms with E-state index in [0.29, 0.717) is 12.5 Å². The van der Waals surface area contributed by atoms with Crippen molar-refractivity contribution in [3.05, 3.63) is 0 Å². The zero-order chi connectivity index (χ0) is 11.9. The maximum absolute atomic E-state index is 11.8. The number of amides is 1. The normalized spacial score (nSPS) is 26.7. The van der Waals surface area contributed by atoms with Crippen molar-refractivity contribution in [2.45, 2.75) is 63.8 Å². The van der Waals surface area contributed by atoms with Crippen LogP contribution in [0.1, 0.15) is 57.8 Å². The van der Waals surface area contributed by atoms with E-state index in [1.807, 2.05) is 0 Å². The average Bonchev–Trinajstić information content (AvgIpc) is 2.39. The van der Waals surface area contributed by atoms with Crippen LogP contribution in [0, 0.1) is 5.92 Å². The lowest BCUT2D eigenvalue weighted by atomic mass is 9.89. The largest absolute Gasteiger partial charge is 0.356 e. The van der Waals surface area contributed by atoms with Crippen molar-refractivity contribution in [2.75, 3.05) is 13.1 Å². The highest BCUT2D eigenvalue weighted by Crippen LogP contribution is 2.22. The van der Waals surface area contributed by atoms with E-state index in [4.69, 9.17) is 0 Å². The molecule has 0 aromatic rings. The highest BCUT2D eigenvalue weighted by atomic mass is 16.1. The highest BCUT2D eigenvalue weighted by Gasteiger charge is 2.18. The predicted octanol–water partition coefficient (Wildman–Crippen LogP) is 2.22. The summed E-state index contributed by atoms with van der Waals surface area (Å²) < 4.78 is 0. The number of hydrogen-bond acceptors (Lipinski definition) is 2. The molecule has 1 atom stereocenters. The van der Waals surface area contributed by atoms with Gasteiger partial charge in [0.05, 0.1) is 0 Å². The molecule has 2 N–H and O–H groups in total. The molecule has 1 heterocycles. The van der Waals surface area contributed by atoms with E-state index in [9.17, 15) is 4.79 Å². The fourth-order valence-electron chi connectivity index (χ4n) is 3.04. The summed E-state index contributed by atoms with van der Waals surface area (Å²) >= 11 is 0. The summed E-state index contributed by atoms with van der Waals surface area (Å²) in [6.45, 7) is 1.99. The fourth-order valence-corrected chi connectivity index (χ4v) is 3.04. The third kappa shape index (κ3) is 4.66. The first-order valence-electron chi connectivity index (χ1n) is 7.34. The Balaban J connectivity index is 1.59. The number of piperidine rings is 1. The molecule has 0 aromatic carbocycles. The van der Waals surface area contributed by atoms with E-state index in [-0.39, 0.29) is 5.91 Å². The molecule has 0 spiro atoms. The zero-order valence-corrected chi connectivity index (χ0v) is 10.8. The highest BCUT2D eigenvalue weighted by molar-refractivity contribution is 5.76. The van der Waals surface area contributed by atoms with Gasteiger partial charge in [-0.25, -0.2) is 0 Å². The lowest BCUT2D eigenvalue weighted by Gasteiger charge is -2.24. The maximum atomic E-state index is 11.8. The predicted molar refractivity (Wildman–Crippen MR) is 69.8 cm³/mol. The third-order valence-electron chi connectivity index (χ3n) is 4.16. The molecule has 1 unspecified atom stereocenters. The van der Waals surface area contributed by atoms with Crippen LogP contribution in [0.25, 0.3) is 0 Å². The molecule has 3 nitrogen and oxygen atoms in total. The number of hydrogen-bond donors (Lipinski definition) is 2. The number of carbonyl (C=O) groups is 1. The molecule has 0 bridgehead atoms. The summed E-state index contributed by atoms with van der Waals surface area (Å²) in [5.41, 5.74) is 0. The second kappa shape index (κ2) is 7.00. The molecular weight excluding hydrogens is 212 g/mol. The molecule has 17 heavy (non-hydrogen) atoms. The summed E-state index contributed by atoms with van der Waals surface area (Å²) in [6.07, 6.45) is 11.1. The molecule has 3 heteroatoms. The third-order valence-corrected chi connectivity index (χ3v) is 4.16. The first-order valence-corrected chi connectivity index (χ1v) is 7.34. The van der Waals surface area contributed by atoms with E-state index < -0.39 is 0 Å². The SMILES string of the molecule is O=C(CC1CCCCN1)NCC1CCCCC1. The van der Waals surface area contributed by atoms with Gasteiger partial charge in [0.2, 0.25) is 5.91 Å². The first-order chi connectivity index (χ1) is 8.34. The Morgan fingerprint density at radius 2 is 1.82 bits per heavy atom. The van der Waals surface area contributed by atoms with Crippen LogP contribution in [-0.2, 0) is 4.79 Å². The number of nitrogens with one attached hydrogen (secondary N) is 2. The standard InChI is InChI=1S/C14H26N2O/c17-14(10-13-8-4-5-9-15-13)16-11-12-6-2-1-3-7-12/h12-13,15H,1-11H2,(H,16,17). The van der Waals surface area contributed by atoms with Gasteiger partial charge in [0, 0.05) is 19.0 Å². The lowest BCUT2D eigenvalue weighted by molar-refractivity contribution is -0.121. The van der Waals surface area contributed by atoms with Gasteiger partial charge in [0.1, 0.15) is 0 Å². The van der Waals surface area contributed by atoms with Gasteiger partial charge >= 0.3 is 0 Å².